The van der Waals surface area contributed by atoms with E-state index < -0.39 is 0 Å². The SMILES string of the molecule is CCc1ccc(C2=NN(C(C)=O)C(c3cn(-c4ccccc4)nc3-c3ccccc3)C2)cc1. The van der Waals surface area contributed by atoms with Crippen LogP contribution in [0.3, 0.4) is 0 Å². The number of carbonyl (C=O) groups is 1. The summed E-state index contributed by atoms with van der Waals surface area (Å²) in [6, 6.07) is 28.4. The van der Waals surface area contributed by atoms with Gasteiger partial charge in [-0.3, -0.25) is 4.79 Å². The lowest BCUT2D eigenvalue weighted by molar-refractivity contribution is -0.130. The molecule has 0 bridgehead atoms. The molecule has 1 aliphatic rings. The van der Waals surface area contributed by atoms with Gasteiger partial charge in [-0.15, -0.1) is 0 Å². The van der Waals surface area contributed by atoms with Gasteiger partial charge in [0.1, 0.15) is 0 Å². The predicted molar refractivity (Wildman–Crippen MR) is 131 cm³/mol. The van der Waals surface area contributed by atoms with Crippen LogP contribution in [-0.4, -0.2) is 26.4 Å². The first-order valence-electron chi connectivity index (χ1n) is 11.3. The van der Waals surface area contributed by atoms with E-state index in [0.29, 0.717) is 6.42 Å². The standard InChI is InChI=1S/C28H26N4O/c1-3-21-14-16-22(17-15-21)26-18-27(32(29-26)20(2)33)25-19-31(24-12-8-5-9-13-24)30-28(25)23-10-6-4-7-11-23/h4-17,19,27H,3,18H2,1-2H3. The van der Waals surface area contributed by atoms with Crippen LogP contribution in [0.5, 0.6) is 0 Å². The summed E-state index contributed by atoms with van der Waals surface area (Å²) in [7, 11) is 0. The van der Waals surface area contributed by atoms with Gasteiger partial charge in [0.15, 0.2) is 0 Å². The summed E-state index contributed by atoms with van der Waals surface area (Å²) in [5.74, 6) is -0.0772. The predicted octanol–water partition coefficient (Wildman–Crippen LogP) is 5.80. The number of aromatic nitrogens is 2. The molecule has 0 radical (unpaired) electrons. The van der Waals surface area contributed by atoms with Gasteiger partial charge in [-0.2, -0.15) is 10.2 Å². The van der Waals surface area contributed by atoms with Crippen molar-refractivity contribution in [3.63, 3.8) is 0 Å². The van der Waals surface area contributed by atoms with Crippen molar-refractivity contribution in [2.24, 2.45) is 5.10 Å². The molecule has 164 valence electrons. The summed E-state index contributed by atoms with van der Waals surface area (Å²) in [5, 5.41) is 11.3. The molecule has 1 atom stereocenters. The molecule has 1 unspecified atom stereocenters. The number of carbonyl (C=O) groups excluding carboxylic acids is 1. The third kappa shape index (κ3) is 4.10. The molecule has 0 saturated heterocycles. The van der Waals surface area contributed by atoms with Crippen LogP contribution in [0.25, 0.3) is 16.9 Å². The number of benzene rings is 3. The minimum Gasteiger partial charge on any atom is -0.273 e. The fourth-order valence-corrected chi connectivity index (χ4v) is 4.31. The highest BCUT2D eigenvalue weighted by atomic mass is 16.2. The van der Waals surface area contributed by atoms with Crippen molar-refractivity contribution in [3.05, 3.63) is 108 Å². The summed E-state index contributed by atoms with van der Waals surface area (Å²) in [6.45, 7) is 3.72. The maximum absolute atomic E-state index is 12.6. The third-order valence-electron chi connectivity index (χ3n) is 6.10. The van der Waals surface area contributed by atoms with Gasteiger partial charge >= 0.3 is 0 Å². The number of amides is 1. The van der Waals surface area contributed by atoms with E-state index in [4.69, 9.17) is 10.2 Å². The molecule has 0 spiro atoms. The minimum atomic E-state index is -0.212. The molecular formula is C28H26N4O. The Labute approximate surface area is 194 Å². The maximum Gasteiger partial charge on any atom is 0.240 e. The Morgan fingerprint density at radius 3 is 2.21 bits per heavy atom. The average molecular weight is 435 g/mol. The first-order chi connectivity index (χ1) is 16.1. The lowest BCUT2D eigenvalue weighted by atomic mass is 9.96. The van der Waals surface area contributed by atoms with Gasteiger partial charge in [0.05, 0.1) is 23.1 Å². The molecule has 0 saturated carbocycles. The summed E-state index contributed by atoms with van der Waals surface area (Å²) in [5.41, 5.74) is 7.11. The smallest absolute Gasteiger partial charge is 0.240 e. The molecule has 3 aromatic carbocycles. The zero-order chi connectivity index (χ0) is 22.8. The molecule has 4 aromatic rings. The molecule has 0 N–H and O–H groups in total. The fourth-order valence-electron chi connectivity index (χ4n) is 4.31. The maximum atomic E-state index is 12.6. The van der Waals surface area contributed by atoms with Crippen molar-refractivity contribution in [2.45, 2.75) is 32.7 Å². The zero-order valence-corrected chi connectivity index (χ0v) is 18.8. The van der Waals surface area contributed by atoms with Crippen molar-refractivity contribution in [3.8, 4) is 16.9 Å². The van der Waals surface area contributed by atoms with Crippen LogP contribution in [-0.2, 0) is 11.2 Å². The van der Waals surface area contributed by atoms with E-state index in [9.17, 15) is 4.79 Å². The van der Waals surface area contributed by atoms with Crippen LogP contribution in [0.15, 0.2) is 96.2 Å². The van der Waals surface area contributed by atoms with Crippen LogP contribution in [0.2, 0.25) is 0 Å². The highest BCUT2D eigenvalue weighted by Gasteiger charge is 2.34. The van der Waals surface area contributed by atoms with Crippen molar-refractivity contribution in [1.82, 2.24) is 14.8 Å². The van der Waals surface area contributed by atoms with Crippen molar-refractivity contribution in [2.75, 3.05) is 0 Å². The molecule has 1 aromatic heterocycles. The van der Waals surface area contributed by atoms with Gasteiger partial charge in [-0.25, -0.2) is 9.69 Å². The van der Waals surface area contributed by atoms with E-state index in [-0.39, 0.29) is 11.9 Å². The van der Waals surface area contributed by atoms with Crippen LogP contribution < -0.4 is 0 Å². The summed E-state index contributed by atoms with van der Waals surface area (Å²) in [6.07, 6.45) is 3.68. The van der Waals surface area contributed by atoms with E-state index in [1.165, 1.54) is 5.56 Å². The van der Waals surface area contributed by atoms with E-state index in [1.54, 1.807) is 11.9 Å². The van der Waals surface area contributed by atoms with Gasteiger partial charge in [0, 0.05) is 30.7 Å². The lowest BCUT2D eigenvalue weighted by Gasteiger charge is -2.20. The van der Waals surface area contributed by atoms with Gasteiger partial charge in [0.2, 0.25) is 5.91 Å². The van der Waals surface area contributed by atoms with Gasteiger partial charge in [-0.05, 0) is 29.7 Å². The van der Waals surface area contributed by atoms with E-state index in [1.807, 2.05) is 59.4 Å². The average Bonchev–Trinajstić information content (AvgIpc) is 3.50. The largest absolute Gasteiger partial charge is 0.273 e. The summed E-state index contributed by atoms with van der Waals surface area (Å²) < 4.78 is 1.89. The first-order valence-corrected chi connectivity index (χ1v) is 11.3. The second kappa shape index (κ2) is 8.87. The van der Waals surface area contributed by atoms with E-state index in [2.05, 4.69) is 43.3 Å². The second-order valence-corrected chi connectivity index (χ2v) is 8.26. The number of hydrogen-bond donors (Lipinski definition) is 0. The Kier molecular flexibility index (Phi) is 5.61. The van der Waals surface area contributed by atoms with Gasteiger partial charge < -0.3 is 0 Å². The molecule has 1 aliphatic heterocycles. The van der Waals surface area contributed by atoms with Crippen LogP contribution in [0.4, 0.5) is 0 Å². The summed E-state index contributed by atoms with van der Waals surface area (Å²) in [4.78, 5) is 12.6. The third-order valence-corrected chi connectivity index (χ3v) is 6.10. The van der Waals surface area contributed by atoms with Crippen LogP contribution in [0, 0.1) is 0 Å². The van der Waals surface area contributed by atoms with Gasteiger partial charge in [-0.1, -0.05) is 79.7 Å². The molecule has 5 heteroatoms. The Morgan fingerprint density at radius 1 is 0.909 bits per heavy atom. The van der Waals surface area contributed by atoms with Crippen LogP contribution in [0.1, 0.15) is 43.0 Å². The van der Waals surface area contributed by atoms with Crippen molar-refractivity contribution in [1.29, 1.82) is 0 Å². The number of hydrazone groups is 1. The van der Waals surface area contributed by atoms with Crippen molar-refractivity contribution >= 4 is 11.6 Å². The highest BCUT2D eigenvalue weighted by molar-refractivity contribution is 6.03. The number of nitrogens with zero attached hydrogens (tertiary/aromatic N) is 4. The molecular weight excluding hydrogens is 408 g/mol. The Morgan fingerprint density at radius 2 is 1.58 bits per heavy atom. The Hall–Kier alpha value is -3.99. The summed E-state index contributed by atoms with van der Waals surface area (Å²) >= 11 is 0. The van der Waals surface area contributed by atoms with Crippen LogP contribution >= 0.6 is 0 Å². The van der Waals surface area contributed by atoms with E-state index >= 15 is 0 Å². The quantitative estimate of drug-likeness (QED) is 0.399. The normalized spacial score (nSPS) is 15.5. The molecule has 33 heavy (non-hydrogen) atoms. The number of para-hydroxylation sites is 1. The topological polar surface area (TPSA) is 50.5 Å². The molecule has 0 aliphatic carbocycles. The first kappa shape index (κ1) is 20.9. The monoisotopic (exact) mass is 434 g/mol. The number of rotatable bonds is 5. The molecule has 1 amide bonds. The highest BCUT2D eigenvalue weighted by Crippen LogP contribution is 2.38. The molecule has 0 fully saturated rings. The molecule has 2 heterocycles. The van der Waals surface area contributed by atoms with Gasteiger partial charge in [0.25, 0.3) is 0 Å². The van der Waals surface area contributed by atoms with E-state index in [0.717, 1.165) is 40.2 Å². The lowest BCUT2D eigenvalue weighted by Crippen LogP contribution is -2.24. The van der Waals surface area contributed by atoms with Crippen molar-refractivity contribution < 1.29 is 4.79 Å². The minimum absolute atomic E-state index is 0.0772. The zero-order valence-electron chi connectivity index (χ0n) is 18.8. The molecule has 5 rings (SSSR count). The Balaban J connectivity index is 1.58. The second-order valence-electron chi connectivity index (χ2n) is 8.26. The number of aryl methyl sites for hydroxylation is 1. The molecule has 5 nitrogen and oxygen atoms in total. The number of hydrogen-bond acceptors (Lipinski definition) is 3. The fraction of sp³-hybridized carbons (Fsp3) is 0.179. The Bertz CT molecular complexity index is 1290.